The van der Waals surface area contributed by atoms with Crippen LogP contribution in [0.2, 0.25) is 0 Å². The Balaban J connectivity index is 2.15. The van der Waals surface area contributed by atoms with Gasteiger partial charge in [0.25, 0.3) is 0 Å². The maximum Gasteiger partial charge on any atom is 0.416 e. The zero-order valence-corrected chi connectivity index (χ0v) is 11.1. The number of fused-ring (bicyclic) bond motifs is 1. The molecule has 1 unspecified atom stereocenters. The molecule has 6 heteroatoms. The predicted molar refractivity (Wildman–Crippen MR) is 69.6 cm³/mol. The van der Waals surface area contributed by atoms with Crippen LogP contribution in [0.3, 0.4) is 0 Å². The van der Waals surface area contributed by atoms with Crippen molar-refractivity contribution in [2.45, 2.75) is 32.0 Å². The second-order valence-corrected chi connectivity index (χ2v) is 5.49. The second kappa shape index (κ2) is 4.10. The molecule has 0 aliphatic heterocycles. The first kappa shape index (κ1) is 12.7. The number of nitrogens with one attached hydrogen (secondary N) is 1. The van der Waals surface area contributed by atoms with Crippen molar-refractivity contribution < 1.29 is 13.2 Å². The van der Waals surface area contributed by atoms with Crippen LogP contribution < -0.4 is 0 Å². The van der Waals surface area contributed by atoms with Crippen LogP contribution in [0.25, 0.3) is 11.0 Å². The van der Waals surface area contributed by atoms with Crippen LogP contribution in [-0.2, 0) is 6.18 Å². The number of aromatic amines is 1. The Kier molecular flexibility index (Phi) is 2.74. The molecule has 2 aromatic rings. The first-order valence-corrected chi connectivity index (χ1v) is 6.60. The summed E-state index contributed by atoms with van der Waals surface area (Å²) in [6.45, 7) is 2.07. The van der Waals surface area contributed by atoms with E-state index in [2.05, 4.69) is 11.9 Å². The molecule has 0 spiro atoms. The molecule has 0 radical (unpaired) electrons. The number of hydrogen-bond acceptors (Lipinski definition) is 1. The lowest BCUT2D eigenvalue weighted by Crippen LogP contribution is -2.07. The molecule has 0 amide bonds. The summed E-state index contributed by atoms with van der Waals surface area (Å²) in [6, 6.07) is 3.98. The summed E-state index contributed by atoms with van der Waals surface area (Å²) in [5, 5.41) is 0. The van der Waals surface area contributed by atoms with Gasteiger partial charge in [0.2, 0.25) is 0 Å². The Bertz CT molecular complexity index is 679. The van der Waals surface area contributed by atoms with Crippen molar-refractivity contribution >= 4 is 23.3 Å². The van der Waals surface area contributed by atoms with E-state index >= 15 is 0 Å². The number of alkyl halides is 3. The summed E-state index contributed by atoms with van der Waals surface area (Å²) in [4.78, 5) is 2.88. The maximum absolute atomic E-state index is 12.7. The number of H-pyrrole nitrogens is 1. The molecule has 0 saturated heterocycles. The largest absolute Gasteiger partial charge is 0.416 e. The number of hydrogen-bond donors (Lipinski definition) is 1. The van der Waals surface area contributed by atoms with E-state index < -0.39 is 11.7 Å². The van der Waals surface area contributed by atoms with Crippen LogP contribution in [0.4, 0.5) is 13.2 Å². The Hall–Kier alpha value is -1.30. The van der Waals surface area contributed by atoms with E-state index in [4.69, 9.17) is 12.2 Å². The van der Waals surface area contributed by atoms with E-state index in [-0.39, 0.29) is 6.04 Å². The molecule has 1 atom stereocenters. The lowest BCUT2D eigenvalue weighted by Gasteiger charge is -2.13. The SMILES string of the molecule is CC(C1CC1)n1c(=S)[nH]c2cc(C(F)(F)F)ccc21. The standard InChI is InChI=1S/C13H13F3N2S/c1-7(8-2-3-8)18-11-5-4-9(13(14,15)16)6-10(11)17-12(18)19/h4-8H,2-3H2,1H3,(H,17,19). The van der Waals surface area contributed by atoms with E-state index in [0.29, 0.717) is 16.2 Å². The molecular weight excluding hydrogens is 273 g/mol. The fourth-order valence-corrected chi connectivity index (χ4v) is 2.88. The highest BCUT2D eigenvalue weighted by Gasteiger charge is 2.32. The molecule has 1 aliphatic carbocycles. The molecule has 2 nitrogen and oxygen atoms in total. The Morgan fingerprint density at radius 1 is 1.37 bits per heavy atom. The van der Waals surface area contributed by atoms with E-state index in [1.165, 1.54) is 6.07 Å². The molecule has 0 bridgehead atoms. The molecule has 19 heavy (non-hydrogen) atoms. The minimum atomic E-state index is -4.33. The van der Waals surface area contributed by atoms with Crippen LogP contribution in [0, 0.1) is 10.7 Å². The molecule has 1 fully saturated rings. The Labute approximate surface area is 113 Å². The number of imidazole rings is 1. The van der Waals surface area contributed by atoms with Crippen molar-refractivity contribution in [3.8, 4) is 0 Å². The number of halogens is 3. The average Bonchev–Trinajstić information content (AvgIpc) is 3.09. The summed E-state index contributed by atoms with van der Waals surface area (Å²) < 4.78 is 40.4. The van der Waals surface area contributed by atoms with Crippen molar-refractivity contribution in [2.24, 2.45) is 5.92 Å². The fourth-order valence-electron chi connectivity index (χ4n) is 2.50. The van der Waals surface area contributed by atoms with E-state index in [0.717, 1.165) is 30.5 Å². The molecular formula is C13H13F3N2S. The fraction of sp³-hybridized carbons (Fsp3) is 0.462. The van der Waals surface area contributed by atoms with E-state index in [1.807, 2.05) is 4.57 Å². The number of benzene rings is 1. The van der Waals surface area contributed by atoms with Gasteiger partial charge >= 0.3 is 6.18 Å². The van der Waals surface area contributed by atoms with Crippen molar-refractivity contribution in [1.82, 2.24) is 9.55 Å². The minimum absolute atomic E-state index is 0.234. The second-order valence-electron chi connectivity index (χ2n) is 5.11. The zero-order chi connectivity index (χ0) is 13.8. The molecule has 1 aromatic carbocycles. The van der Waals surface area contributed by atoms with Crippen LogP contribution >= 0.6 is 12.2 Å². The van der Waals surface area contributed by atoms with Crippen LogP contribution in [0.5, 0.6) is 0 Å². The maximum atomic E-state index is 12.7. The van der Waals surface area contributed by atoms with E-state index in [9.17, 15) is 13.2 Å². The molecule has 1 heterocycles. The topological polar surface area (TPSA) is 20.7 Å². The molecule has 1 aliphatic rings. The normalized spacial score (nSPS) is 17.9. The average molecular weight is 286 g/mol. The quantitative estimate of drug-likeness (QED) is 0.794. The van der Waals surface area contributed by atoms with Gasteiger partial charge in [0.05, 0.1) is 16.6 Å². The van der Waals surface area contributed by atoms with Gasteiger partial charge in [-0.3, -0.25) is 0 Å². The summed E-state index contributed by atoms with van der Waals surface area (Å²) in [5.41, 5.74) is 0.548. The van der Waals surface area contributed by atoms with Crippen molar-refractivity contribution in [1.29, 1.82) is 0 Å². The van der Waals surface area contributed by atoms with Crippen LogP contribution in [-0.4, -0.2) is 9.55 Å². The van der Waals surface area contributed by atoms with E-state index in [1.54, 1.807) is 0 Å². The molecule has 1 N–H and O–H groups in total. The van der Waals surface area contributed by atoms with Crippen LogP contribution in [0.1, 0.15) is 31.4 Å². The zero-order valence-electron chi connectivity index (χ0n) is 10.3. The van der Waals surface area contributed by atoms with Gasteiger partial charge in [0.1, 0.15) is 0 Å². The number of aromatic nitrogens is 2. The summed E-state index contributed by atoms with van der Waals surface area (Å²) in [5.74, 6) is 0.591. The van der Waals surface area contributed by atoms with Gasteiger partial charge < -0.3 is 9.55 Å². The first-order chi connectivity index (χ1) is 8.88. The molecule has 3 rings (SSSR count). The monoisotopic (exact) mass is 286 g/mol. The van der Waals surface area contributed by atoms with Gasteiger partial charge in [-0.2, -0.15) is 13.2 Å². The summed E-state index contributed by atoms with van der Waals surface area (Å²) in [6.07, 6.45) is -2.00. The van der Waals surface area contributed by atoms with Gasteiger partial charge in [-0.05, 0) is 56.1 Å². The van der Waals surface area contributed by atoms with Crippen molar-refractivity contribution in [3.63, 3.8) is 0 Å². The lowest BCUT2D eigenvalue weighted by atomic mass is 10.1. The predicted octanol–water partition coefficient (Wildman–Crippen LogP) is 4.69. The van der Waals surface area contributed by atoms with Gasteiger partial charge in [-0.1, -0.05) is 0 Å². The molecule has 102 valence electrons. The van der Waals surface area contributed by atoms with Crippen LogP contribution in [0.15, 0.2) is 18.2 Å². The Morgan fingerprint density at radius 3 is 2.63 bits per heavy atom. The van der Waals surface area contributed by atoms with Gasteiger partial charge in [-0.15, -0.1) is 0 Å². The third kappa shape index (κ3) is 2.18. The van der Waals surface area contributed by atoms with Crippen molar-refractivity contribution in [3.05, 3.63) is 28.5 Å². The van der Waals surface area contributed by atoms with Gasteiger partial charge in [-0.25, -0.2) is 0 Å². The molecule has 1 saturated carbocycles. The Morgan fingerprint density at radius 2 is 2.05 bits per heavy atom. The smallest absolute Gasteiger partial charge is 0.331 e. The lowest BCUT2D eigenvalue weighted by molar-refractivity contribution is -0.137. The third-order valence-corrected chi connectivity index (χ3v) is 4.05. The highest BCUT2D eigenvalue weighted by molar-refractivity contribution is 7.71. The summed E-state index contributed by atoms with van der Waals surface area (Å²) in [7, 11) is 0. The highest BCUT2D eigenvalue weighted by Crippen LogP contribution is 2.41. The highest BCUT2D eigenvalue weighted by atomic mass is 32.1. The first-order valence-electron chi connectivity index (χ1n) is 6.19. The van der Waals surface area contributed by atoms with Gasteiger partial charge in [0, 0.05) is 6.04 Å². The molecule has 1 aromatic heterocycles. The van der Waals surface area contributed by atoms with Crippen molar-refractivity contribution in [2.75, 3.05) is 0 Å². The third-order valence-electron chi connectivity index (χ3n) is 3.76. The minimum Gasteiger partial charge on any atom is -0.331 e. The summed E-state index contributed by atoms with van der Waals surface area (Å²) >= 11 is 5.24. The number of rotatable bonds is 2. The van der Waals surface area contributed by atoms with Gasteiger partial charge in [0.15, 0.2) is 4.77 Å². The number of nitrogens with zero attached hydrogens (tertiary/aromatic N) is 1.